The van der Waals surface area contributed by atoms with Crippen molar-refractivity contribution in [2.75, 3.05) is 11.1 Å². The van der Waals surface area contributed by atoms with E-state index in [2.05, 4.69) is 54.0 Å². The molecule has 128 valence electrons. The van der Waals surface area contributed by atoms with Crippen LogP contribution in [0.3, 0.4) is 0 Å². The van der Waals surface area contributed by atoms with Crippen LogP contribution < -0.4 is 5.32 Å². The van der Waals surface area contributed by atoms with Gasteiger partial charge in [-0.3, -0.25) is 4.79 Å². The van der Waals surface area contributed by atoms with E-state index in [0.717, 1.165) is 19.3 Å². The van der Waals surface area contributed by atoms with E-state index < -0.39 is 0 Å². The van der Waals surface area contributed by atoms with Gasteiger partial charge in [-0.2, -0.15) is 0 Å². The molecule has 0 unspecified atom stereocenters. The number of carbonyl (C=O) groups is 1. The molecule has 0 bridgehead atoms. The first-order valence-corrected chi connectivity index (χ1v) is 10.2. The molecular formula is C17H13BrIN3O2S. The van der Waals surface area contributed by atoms with Crippen LogP contribution in [-0.4, -0.2) is 21.9 Å². The van der Waals surface area contributed by atoms with Crippen LogP contribution in [0.5, 0.6) is 0 Å². The summed E-state index contributed by atoms with van der Waals surface area (Å²) in [6, 6.07) is 15.5. The summed E-state index contributed by atoms with van der Waals surface area (Å²) in [4.78, 5) is 12.0. The summed E-state index contributed by atoms with van der Waals surface area (Å²) in [5, 5.41) is 11.2. The summed E-state index contributed by atoms with van der Waals surface area (Å²) in [6.45, 7) is 0. The summed E-state index contributed by atoms with van der Waals surface area (Å²) in [5.41, 5.74) is 1.85. The summed E-state index contributed by atoms with van der Waals surface area (Å²) >= 11 is 6.85. The summed E-state index contributed by atoms with van der Waals surface area (Å²) in [6.07, 6.45) is 0.565. The first kappa shape index (κ1) is 18.4. The lowest BCUT2D eigenvalue weighted by Gasteiger charge is -2.03. The van der Waals surface area contributed by atoms with E-state index in [0.29, 0.717) is 17.5 Å². The van der Waals surface area contributed by atoms with Crippen LogP contribution in [0.2, 0.25) is 0 Å². The normalized spacial score (nSPS) is 10.6. The number of rotatable bonds is 6. The van der Waals surface area contributed by atoms with Gasteiger partial charge in [-0.25, -0.2) is 0 Å². The number of hydrogen-bond acceptors (Lipinski definition) is 5. The molecule has 0 spiro atoms. The molecule has 0 aliphatic rings. The van der Waals surface area contributed by atoms with E-state index in [1.54, 1.807) is 0 Å². The Morgan fingerprint density at radius 3 is 2.56 bits per heavy atom. The molecule has 2 aromatic carbocycles. The Bertz CT molecular complexity index is 853. The Morgan fingerprint density at radius 1 is 1.12 bits per heavy atom. The molecule has 0 fully saturated rings. The van der Waals surface area contributed by atoms with Gasteiger partial charge >= 0.3 is 0 Å². The van der Waals surface area contributed by atoms with Crippen molar-refractivity contribution in [2.45, 2.75) is 11.6 Å². The summed E-state index contributed by atoms with van der Waals surface area (Å²) in [5.74, 6) is 0.632. The minimum atomic E-state index is -0.112. The first-order valence-electron chi connectivity index (χ1n) is 7.33. The average molecular weight is 530 g/mol. The highest BCUT2D eigenvalue weighted by Crippen LogP contribution is 2.19. The molecule has 0 atom stereocenters. The zero-order valence-electron chi connectivity index (χ0n) is 12.9. The molecule has 0 aliphatic carbocycles. The smallest absolute Gasteiger partial charge is 0.277 e. The van der Waals surface area contributed by atoms with Gasteiger partial charge in [0.15, 0.2) is 0 Å². The van der Waals surface area contributed by atoms with Crippen molar-refractivity contribution in [3.8, 4) is 0 Å². The zero-order chi connectivity index (χ0) is 17.6. The van der Waals surface area contributed by atoms with Crippen molar-refractivity contribution < 1.29 is 9.21 Å². The summed E-state index contributed by atoms with van der Waals surface area (Å²) < 4.78 is 7.73. The van der Waals surface area contributed by atoms with E-state index in [-0.39, 0.29) is 11.7 Å². The molecule has 3 aromatic rings. The topological polar surface area (TPSA) is 68.0 Å². The van der Waals surface area contributed by atoms with Gasteiger partial charge in [-0.15, -0.1) is 10.2 Å². The predicted molar refractivity (Wildman–Crippen MR) is 110 cm³/mol. The second-order valence-electron chi connectivity index (χ2n) is 5.11. The van der Waals surface area contributed by atoms with Crippen LogP contribution in [-0.2, 0) is 11.2 Å². The number of thioether (sulfide) groups is 1. The number of halogens is 2. The van der Waals surface area contributed by atoms with Gasteiger partial charge in [0.1, 0.15) is 0 Å². The molecule has 25 heavy (non-hydrogen) atoms. The quantitative estimate of drug-likeness (QED) is 0.368. The molecule has 1 aromatic heterocycles. The third-order valence-electron chi connectivity index (χ3n) is 3.17. The van der Waals surface area contributed by atoms with Gasteiger partial charge in [-0.1, -0.05) is 39.8 Å². The lowest BCUT2D eigenvalue weighted by Crippen LogP contribution is -2.13. The standard InChI is InChI=1S/C17H13BrIN3O2S/c18-12-3-1-11(2-4-12)9-16-21-22-17(24-16)25-10-15(23)20-14-7-5-13(19)6-8-14/h1-8H,9-10H2,(H,20,23). The van der Waals surface area contributed by atoms with Crippen LogP contribution >= 0.6 is 50.3 Å². The van der Waals surface area contributed by atoms with Gasteiger partial charge in [0.25, 0.3) is 5.22 Å². The minimum absolute atomic E-state index is 0.112. The van der Waals surface area contributed by atoms with Crippen LogP contribution in [0.25, 0.3) is 0 Å². The Labute approximate surface area is 171 Å². The molecule has 0 aliphatic heterocycles. The maximum Gasteiger partial charge on any atom is 0.277 e. The number of nitrogens with one attached hydrogen (secondary N) is 1. The lowest BCUT2D eigenvalue weighted by molar-refractivity contribution is -0.113. The SMILES string of the molecule is O=C(CSc1nnc(Cc2ccc(Br)cc2)o1)Nc1ccc(I)cc1. The van der Waals surface area contributed by atoms with Crippen molar-refractivity contribution >= 4 is 61.9 Å². The second kappa shape index (κ2) is 8.81. The van der Waals surface area contributed by atoms with Gasteiger partial charge < -0.3 is 9.73 Å². The summed E-state index contributed by atoms with van der Waals surface area (Å²) in [7, 11) is 0. The highest BCUT2D eigenvalue weighted by Gasteiger charge is 2.10. The van der Waals surface area contributed by atoms with E-state index in [4.69, 9.17) is 4.42 Å². The van der Waals surface area contributed by atoms with E-state index >= 15 is 0 Å². The van der Waals surface area contributed by atoms with Crippen LogP contribution in [0, 0.1) is 3.57 Å². The number of anilines is 1. The van der Waals surface area contributed by atoms with Crippen molar-refractivity contribution in [1.29, 1.82) is 0 Å². The molecule has 1 N–H and O–H groups in total. The van der Waals surface area contributed by atoms with E-state index in [9.17, 15) is 4.79 Å². The second-order valence-corrected chi connectivity index (χ2v) is 8.20. The van der Waals surface area contributed by atoms with Gasteiger partial charge in [0, 0.05) is 13.7 Å². The molecule has 0 radical (unpaired) electrons. The number of benzene rings is 2. The average Bonchev–Trinajstić information content (AvgIpc) is 3.05. The Balaban J connectivity index is 1.50. The third kappa shape index (κ3) is 5.82. The third-order valence-corrected chi connectivity index (χ3v) is 5.24. The zero-order valence-corrected chi connectivity index (χ0v) is 17.5. The maximum atomic E-state index is 12.0. The van der Waals surface area contributed by atoms with Crippen LogP contribution in [0.4, 0.5) is 5.69 Å². The largest absolute Gasteiger partial charge is 0.416 e. The fourth-order valence-electron chi connectivity index (χ4n) is 2.00. The van der Waals surface area contributed by atoms with Gasteiger partial charge in [0.2, 0.25) is 11.8 Å². The van der Waals surface area contributed by atoms with E-state index in [1.165, 1.54) is 11.8 Å². The number of aromatic nitrogens is 2. The van der Waals surface area contributed by atoms with Gasteiger partial charge in [-0.05, 0) is 64.6 Å². The molecule has 1 heterocycles. The fourth-order valence-corrected chi connectivity index (χ4v) is 3.21. The molecular weight excluding hydrogens is 517 g/mol. The maximum absolute atomic E-state index is 12.0. The molecule has 8 heteroatoms. The lowest BCUT2D eigenvalue weighted by atomic mass is 10.2. The molecule has 3 rings (SSSR count). The molecule has 0 saturated heterocycles. The monoisotopic (exact) mass is 529 g/mol. The van der Waals surface area contributed by atoms with Crippen LogP contribution in [0.1, 0.15) is 11.5 Å². The van der Waals surface area contributed by atoms with E-state index in [1.807, 2.05) is 48.5 Å². The Kier molecular flexibility index (Phi) is 6.49. The Morgan fingerprint density at radius 2 is 1.84 bits per heavy atom. The molecule has 0 saturated carbocycles. The number of nitrogens with zero attached hydrogens (tertiary/aromatic N) is 2. The minimum Gasteiger partial charge on any atom is -0.416 e. The van der Waals surface area contributed by atoms with Crippen LogP contribution in [0.15, 0.2) is 62.6 Å². The molecule has 5 nitrogen and oxygen atoms in total. The van der Waals surface area contributed by atoms with Crippen molar-refractivity contribution in [3.05, 3.63) is 68.0 Å². The highest BCUT2D eigenvalue weighted by molar-refractivity contribution is 14.1. The Hall–Kier alpha value is -1.39. The van der Waals surface area contributed by atoms with Crippen molar-refractivity contribution in [1.82, 2.24) is 10.2 Å². The van der Waals surface area contributed by atoms with Gasteiger partial charge in [0.05, 0.1) is 12.2 Å². The predicted octanol–water partition coefficient (Wildman–Crippen LogP) is 4.76. The van der Waals surface area contributed by atoms with Crippen molar-refractivity contribution in [3.63, 3.8) is 0 Å². The first-order chi connectivity index (χ1) is 12.1. The number of carbonyl (C=O) groups excluding carboxylic acids is 1. The highest BCUT2D eigenvalue weighted by atomic mass is 127. The molecule has 1 amide bonds. The number of amides is 1. The fraction of sp³-hybridized carbons (Fsp3) is 0.118. The number of hydrogen-bond donors (Lipinski definition) is 1. The van der Waals surface area contributed by atoms with Crippen molar-refractivity contribution in [2.24, 2.45) is 0 Å².